The molecule has 2 saturated carbocycles. The van der Waals surface area contributed by atoms with Gasteiger partial charge in [-0.1, -0.05) is 48.0 Å². The summed E-state index contributed by atoms with van der Waals surface area (Å²) in [5.74, 6) is -1.35. The zero-order chi connectivity index (χ0) is 21.3. The van der Waals surface area contributed by atoms with E-state index in [1.165, 1.54) is 0 Å². The molecule has 6 heteroatoms. The first-order valence-corrected chi connectivity index (χ1v) is 10.6. The fraction of sp³-hybridized carbons (Fsp3) is 0.375. The standard InChI is InChI=1S/C24H24ClNO4/c1-14-18(25)8-5-9-19(14)26-20(27)13-30-24(29)22-17-11-10-16(12-17)21(22)23(28)15-6-3-2-4-7-15/h2-9,16-17,21-22H,10-13H2,1H3,(H,26,27)/t16-,17-,21-,22+/m0/s1. The van der Waals surface area contributed by atoms with Crippen molar-refractivity contribution in [3.63, 3.8) is 0 Å². The van der Waals surface area contributed by atoms with E-state index in [1.807, 2.05) is 18.2 Å². The van der Waals surface area contributed by atoms with Gasteiger partial charge in [0, 0.05) is 22.2 Å². The Labute approximate surface area is 180 Å². The van der Waals surface area contributed by atoms with E-state index < -0.39 is 17.8 Å². The van der Waals surface area contributed by atoms with Crippen LogP contribution in [0.2, 0.25) is 5.02 Å². The Hall–Kier alpha value is -2.66. The van der Waals surface area contributed by atoms with Gasteiger partial charge in [0.05, 0.1) is 5.92 Å². The van der Waals surface area contributed by atoms with Gasteiger partial charge in [0.1, 0.15) is 0 Å². The molecule has 2 aromatic rings. The molecule has 2 bridgehead atoms. The second kappa shape index (κ2) is 8.60. The molecule has 0 heterocycles. The first-order chi connectivity index (χ1) is 14.5. The number of carbonyl (C=O) groups excluding carboxylic acids is 3. The third-order valence-electron chi connectivity index (χ3n) is 6.44. The second-order valence-corrected chi connectivity index (χ2v) is 8.59. The molecule has 1 N–H and O–H groups in total. The highest BCUT2D eigenvalue weighted by atomic mass is 35.5. The monoisotopic (exact) mass is 425 g/mol. The largest absolute Gasteiger partial charge is 0.455 e. The Balaban J connectivity index is 1.41. The minimum Gasteiger partial charge on any atom is -0.455 e. The number of fused-ring (bicyclic) bond motifs is 2. The Kier molecular flexibility index (Phi) is 5.91. The van der Waals surface area contributed by atoms with E-state index in [-0.39, 0.29) is 30.1 Å². The molecule has 0 aromatic heterocycles. The minimum absolute atomic E-state index is 0.00348. The summed E-state index contributed by atoms with van der Waals surface area (Å²) in [6.07, 6.45) is 2.76. The third kappa shape index (κ3) is 3.99. The molecule has 0 aliphatic heterocycles. The smallest absolute Gasteiger partial charge is 0.310 e. The molecule has 2 aromatic carbocycles. The number of carbonyl (C=O) groups is 3. The second-order valence-electron chi connectivity index (χ2n) is 8.18. The molecular formula is C24H24ClNO4. The number of benzene rings is 2. The van der Waals surface area contributed by atoms with E-state index in [4.69, 9.17) is 16.3 Å². The number of rotatable bonds is 6. The highest BCUT2D eigenvalue weighted by Gasteiger charge is 2.54. The number of nitrogens with one attached hydrogen (secondary N) is 1. The van der Waals surface area contributed by atoms with E-state index in [0.717, 1.165) is 24.8 Å². The Bertz CT molecular complexity index is 974. The Morgan fingerprint density at radius 3 is 2.43 bits per heavy atom. The van der Waals surface area contributed by atoms with E-state index in [1.54, 1.807) is 37.3 Å². The van der Waals surface area contributed by atoms with E-state index >= 15 is 0 Å². The summed E-state index contributed by atoms with van der Waals surface area (Å²) in [4.78, 5) is 38.3. The van der Waals surface area contributed by atoms with Gasteiger partial charge in [-0.25, -0.2) is 0 Å². The molecule has 1 amide bonds. The van der Waals surface area contributed by atoms with Crippen LogP contribution in [0, 0.1) is 30.6 Å². The number of anilines is 1. The SMILES string of the molecule is Cc1c(Cl)cccc1NC(=O)COC(=O)[C@@H]1[C@H]2CC[C@@H](C2)[C@@H]1C(=O)c1ccccc1. The molecule has 30 heavy (non-hydrogen) atoms. The van der Waals surface area contributed by atoms with Crippen LogP contribution in [0.5, 0.6) is 0 Å². The van der Waals surface area contributed by atoms with E-state index in [2.05, 4.69) is 5.32 Å². The lowest BCUT2D eigenvalue weighted by molar-refractivity contribution is -0.154. The van der Waals surface area contributed by atoms with Crippen LogP contribution in [-0.4, -0.2) is 24.3 Å². The van der Waals surface area contributed by atoms with Gasteiger partial charge in [-0.2, -0.15) is 0 Å². The molecule has 0 spiro atoms. The van der Waals surface area contributed by atoms with Crippen LogP contribution in [0.1, 0.15) is 35.2 Å². The van der Waals surface area contributed by atoms with Crippen molar-refractivity contribution < 1.29 is 19.1 Å². The van der Waals surface area contributed by atoms with Crippen LogP contribution in [-0.2, 0) is 14.3 Å². The fourth-order valence-electron chi connectivity index (χ4n) is 4.96. The van der Waals surface area contributed by atoms with Crippen LogP contribution in [0.4, 0.5) is 5.69 Å². The van der Waals surface area contributed by atoms with Crippen molar-refractivity contribution in [2.24, 2.45) is 23.7 Å². The molecule has 4 rings (SSSR count). The van der Waals surface area contributed by atoms with Crippen LogP contribution in [0.3, 0.4) is 0 Å². The molecule has 0 unspecified atom stereocenters. The van der Waals surface area contributed by atoms with Crippen molar-refractivity contribution in [3.05, 3.63) is 64.7 Å². The maximum Gasteiger partial charge on any atom is 0.310 e. The summed E-state index contributed by atoms with van der Waals surface area (Å²) in [5.41, 5.74) is 1.96. The van der Waals surface area contributed by atoms with Gasteiger partial charge in [0.25, 0.3) is 5.91 Å². The van der Waals surface area contributed by atoms with Crippen molar-refractivity contribution in [2.75, 3.05) is 11.9 Å². The summed E-state index contributed by atoms with van der Waals surface area (Å²) in [6.45, 7) is 1.42. The molecule has 5 nitrogen and oxygen atoms in total. The number of amides is 1. The number of ether oxygens (including phenoxy) is 1. The number of halogens is 1. The van der Waals surface area contributed by atoms with Gasteiger partial charge >= 0.3 is 5.97 Å². The zero-order valence-corrected chi connectivity index (χ0v) is 17.5. The lowest BCUT2D eigenvalue weighted by atomic mass is 9.75. The fourth-order valence-corrected chi connectivity index (χ4v) is 5.14. The van der Waals surface area contributed by atoms with E-state index in [0.29, 0.717) is 16.3 Å². The maximum atomic E-state index is 13.1. The first-order valence-electron chi connectivity index (χ1n) is 10.3. The van der Waals surface area contributed by atoms with Crippen molar-refractivity contribution >= 4 is 34.9 Å². The molecule has 156 valence electrons. The molecule has 0 radical (unpaired) electrons. The van der Waals surface area contributed by atoms with E-state index in [9.17, 15) is 14.4 Å². The zero-order valence-electron chi connectivity index (χ0n) is 16.8. The molecule has 2 aliphatic carbocycles. The molecule has 2 aliphatic rings. The molecular weight excluding hydrogens is 402 g/mol. The Morgan fingerprint density at radius 1 is 1.00 bits per heavy atom. The van der Waals surface area contributed by atoms with Crippen LogP contribution < -0.4 is 5.32 Å². The van der Waals surface area contributed by atoms with Gasteiger partial charge in [-0.15, -0.1) is 0 Å². The highest BCUT2D eigenvalue weighted by molar-refractivity contribution is 6.31. The lowest BCUT2D eigenvalue weighted by Gasteiger charge is -2.28. The number of hydrogen-bond acceptors (Lipinski definition) is 4. The summed E-state index contributed by atoms with van der Waals surface area (Å²) in [5, 5.41) is 3.27. The highest BCUT2D eigenvalue weighted by Crippen LogP contribution is 2.53. The van der Waals surface area contributed by atoms with Crippen molar-refractivity contribution in [1.29, 1.82) is 0 Å². The summed E-state index contributed by atoms with van der Waals surface area (Å²) >= 11 is 6.07. The topological polar surface area (TPSA) is 72.5 Å². The molecule has 2 fully saturated rings. The van der Waals surface area contributed by atoms with Gasteiger partial charge in [-0.05, 0) is 55.7 Å². The van der Waals surface area contributed by atoms with Gasteiger partial charge in [0.2, 0.25) is 0 Å². The quantitative estimate of drug-likeness (QED) is 0.539. The Morgan fingerprint density at radius 2 is 1.70 bits per heavy atom. The van der Waals surface area contributed by atoms with Crippen molar-refractivity contribution in [2.45, 2.75) is 26.2 Å². The number of esters is 1. The predicted molar refractivity (Wildman–Crippen MR) is 114 cm³/mol. The summed E-state index contributed by atoms with van der Waals surface area (Å²) < 4.78 is 5.36. The van der Waals surface area contributed by atoms with Crippen molar-refractivity contribution in [3.8, 4) is 0 Å². The van der Waals surface area contributed by atoms with Crippen LogP contribution >= 0.6 is 11.6 Å². The number of Topliss-reactive ketones (excluding diaryl/α,β-unsaturated/α-hetero) is 1. The number of ketones is 1. The van der Waals surface area contributed by atoms with Gasteiger partial charge in [0.15, 0.2) is 12.4 Å². The van der Waals surface area contributed by atoms with Gasteiger partial charge in [-0.3, -0.25) is 14.4 Å². The molecule has 4 atom stereocenters. The minimum atomic E-state index is -0.475. The predicted octanol–water partition coefficient (Wildman–Crippen LogP) is 4.68. The first kappa shape index (κ1) is 20.6. The third-order valence-corrected chi connectivity index (χ3v) is 6.85. The molecule has 0 saturated heterocycles. The maximum absolute atomic E-state index is 13.1. The summed E-state index contributed by atoms with van der Waals surface area (Å²) in [7, 11) is 0. The van der Waals surface area contributed by atoms with Gasteiger partial charge < -0.3 is 10.1 Å². The lowest BCUT2D eigenvalue weighted by Crippen LogP contribution is -2.37. The number of hydrogen-bond donors (Lipinski definition) is 1. The average molecular weight is 426 g/mol. The van der Waals surface area contributed by atoms with Crippen molar-refractivity contribution in [1.82, 2.24) is 0 Å². The average Bonchev–Trinajstić information content (AvgIpc) is 3.37. The normalized spacial score (nSPS) is 24.5. The van der Waals surface area contributed by atoms with Crippen LogP contribution in [0.15, 0.2) is 48.5 Å². The summed E-state index contributed by atoms with van der Waals surface area (Å²) in [6, 6.07) is 14.3. The van der Waals surface area contributed by atoms with Crippen LogP contribution in [0.25, 0.3) is 0 Å².